The van der Waals surface area contributed by atoms with E-state index >= 15 is 0 Å². The van der Waals surface area contributed by atoms with Crippen LogP contribution in [0, 0.1) is 5.92 Å². The first-order valence-corrected chi connectivity index (χ1v) is 13.3. The molecule has 38 heavy (non-hydrogen) atoms. The largest absolute Gasteiger partial charge is 0.435 e. The van der Waals surface area contributed by atoms with Crippen LogP contribution < -0.4 is 0 Å². The Morgan fingerprint density at radius 3 is 2.26 bits per heavy atom. The maximum absolute atomic E-state index is 13.5. The molecule has 202 valence electrons. The molecule has 0 radical (unpaired) electrons. The van der Waals surface area contributed by atoms with E-state index in [1.165, 1.54) is 17.5 Å². The van der Waals surface area contributed by atoms with Crippen LogP contribution in [-0.2, 0) is 6.18 Å². The minimum atomic E-state index is -4.60. The normalized spacial score (nSPS) is 18.2. The molecule has 2 fully saturated rings. The number of carbonyl (C=O) groups excluding carboxylic acids is 1. The second-order valence-corrected chi connectivity index (χ2v) is 10.6. The number of nitrogens with zero attached hydrogens (tertiary/aromatic N) is 5. The van der Waals surface area contributed by atoms with Crippen molar-refractivity contribution >= 4 is 17.5 Å². The summed E-state index contributed by atoms with van der Waals surface area (Å²) < 4.78 is 41.7. The van der Waals surface area contributed by atoms with Crippen LogP contribution in [0.2, 0.25) is 5.02 Å². The summed E-state index contributed by atoms with van der Waals surface area (Å²) >= 11 is 6.27. The van der Waals surface area contributed by atoms with Crippen LogP contribution in [0.4, 0.5) is 13.2 Å². The molecule has 0 saturated carbocycles. The molecule has 0 unspecified atom stereocenters. The molecule has 1 aromatic heterocycles. The molecule has 2 aromatic carbocycles. The Hall–Kier alpha value is -2.88. The summed E-state index contributed by atoms with van der Waals surface area (Å²) in [6, 6.07) is 14.3. The lowest BCUT2D eigenvalue weighted by molar-refractivity contribution is -0.141. The molecule has 1 amide bonds. The maximum Gasteiger partial charge on any atom is 0.435 e. The van der Waals surface area contributed by atoms with Gasteiger partial charge in [-0.25, -0.2) is 4.68 Å². The van der Waals surface area contributed by atoms with Gasteiger partial charge in [0, 0.05) is 43.9 Å². The maximum atomic E-state index is 13.5. The average molecular weight is 546 g/mol. The molecule has 10 heteroatoms. The van der Waals surface area contributed by atoms with E-state index in [9.17, 15) is 18.0 Å². The molecule has 0 spiro atoms. The van der Waals surface area contributed by atoms with Crippen molar-refractivity contribution in [3.8, 4) is 16.9 Å². The van der Waals surface area contributed by atoms with Gasteiger partial charge in [-0.05, 0) is 69.2 Å². The average Bonchev–Trinajstić information content (AvgIpc) is 3.36. The first-order chi connectivity index (χ1) is 18.2. The smallest absolute Gasteiger partial charge is 0.336 e. The van der Waals surface area contributed by atoms with Gasteiger partial charge in [-0.1, -0.05) is 35.9 Å². The number of amides is 1. The van der Waals surface area contributed by atoms with E-state index in [0.717, 1.165) is 44.7 Å². The Morgan fingerprint density at radius 2 is 1.63 bits per heavy atom. The van der Waals surface area contributed by atoms with Crippen LogP contribution in [-0.4, -0.2) is 83.2 Å². The van der Waals surface area contributed by atoms with Crippen LogP contribution in [0.1, 0.15) is 28.9 Å². The molecule has 0 N–H and O–H groups in total. The highest BCUT2D eigenvalue weighted by Crippen LogP contribution is 2.34. The number of para-hydroxylation sites is 1. The fourth-order valence-electron chi connectivity index (χ4n) is 5.24. The fourth-order valence-corrected chi connectivity index (χ4v) is 5.46. The van der Waals surface area contributed by atoms with Gasteiger partial charge in [0.1, 0.15) is 0 Å². The molecule has 2 aliphatic heterocycles. The van der Waals surface area contributed by atoms with Crippen molar-refractivity contribution in [2.45, 2.75) is 19.0 Å². The number of piperidine rings is 1. The zero-order valence-electron chi connectivity index (χ0n) is 21.3. The van der Waals surface area contributed by atoms with Gasteiger partial charge < -0.3 is 9.80 Å². The van der Waals surface area contributed by atoms with Crippen LogP contribution in [0.25, 0.3) is 16.9 Å². The summed E-state index contributed by atoms with van der Waals surface area (Å²) in [5.41, 5.74) is 0.598. The van der Waals surface area contributed by atoms with E-state index < -0.39 is 11.9 Å². The Balaban J connectivity index is 1.28. The Labute approximate surface area is 225 Å². The minimum absolute atomic E-state index is 0.0638. The van der Waals surface area contributed by atoms with Gasteiger partial charge in [-0.2, -0.15) is 18.3 Å². The molecular formula is C28H31ClF3N5O. The number of halogens is 4. The zero-order chi connectivity index (χ0) is 26.9. The molecule has 2 saturated heterocycles. The third-order valence-electron chi connectivity index (χ3n) is 7.52. The van der Waals surface area contributed by atoms with Gasteiger partial charge in [0.2, 0.25) is 0 Å². The second-order valence-electron chi connectivity index (χ2n) is 10.2. The van der Waals surface area contributed by atoms with Crippen molar-refractivity contribution < 1.29 is 18.0 Å². The number of alkyl halides is 3. The van der Waals surface area contributed by atoms with Gasteiger partial charge in [0.05, 0.1) is 16.4 Å². The van der Waals surface area contributed by atoms with Gasteiger partial charge in [-0.3, -0.25) is 9.69 Å². The summed E-state index contributed by atoms with van der Waals surface area (Å²) in [6.07, 6.45) is -2.16. The van der Waals surface area contributed by atoms with Crippen LogP contribution in [0.5, 0.6) is 0 Å². The van der Waals surface area contributed by atoms with Crippen LogP contribution in [0.3, 0.4) is 0 Å². The molecule has 3 aromatic rings. The van der Waals surface area contributed by atoms with Crippen LogP contribution >= 0.6 is 11.6 Å². The number of benzene rings is 2. The highest BCUT2D eigenvalue weighted by atomic mass is 35.5. The Morgan fingerprint density at radius 1 is 0.974 bits per heavy atom. The quantitative estimate of drug-likeness (QED) is 0.436. The van der Waals surface area contributed by atoms with E-state index in [4.69, 9.17) is 11.6 Å². The molecule has 6 nitrogen and oxygen atoms in total. The number of rotatable bonds is 5. The Bertz CT molecular complexity index is 1260. The highest BCUT2D eigenvalue weighted by Gasteiger charge is 2.35. The fraction of sp³-hybridized carbons (Fsp3) is 0.429. The van der Waals surface area contributed by atoms with Crippen molar-refractivity contribution in [1.29, 1.82) is 0 Å². The number of hydrogen-bond donors (Lipinski definition) is 0. The summed E-state index contributed by atoms with van der Waals surface area (Å²) in [7, 11) is 2.17. The van der Waals surface area contributed by atoms with Gasteiger partial charge in [0.25, 0.3) is 5.91 Å². The third kappa shape index (κ3) is 5.90. The number of carbonyl (C=O) groups is 1. The van der Waals surface area contributed by atoms with E-state index in [-0.39, 0.29) is 16.6 Å². The summed E-state index contributed by atoms with van der Waals surface area (Å²) in [5.74, 6) is 0.657. The summed E-state index contributed by atoms with van der Waals surface area (Å²) in [4.78, 5) is 19.9. The van der Waals surface area contributed by atoms with Gasteiger partial charge in [0.15, 0.2) is 5.69 Å². The molecule has 3 heterocycles. The number of piperazine rings is 1. The molecule has 2 aliphatic rings. The number of aromatic nitrogens is 2. The van der Waals surface area contributed by atoms with Gasteiger partial charge in [-0.15, -0.1) is 0 Å². The zero-order valence-corrected chi connectivity index (χ0v) is 22.0. The summed E-state index contributed by atoms with van der Waals surface area (Å²) in [5, 5.41) is 4.08. The first kappa shape index (κ1) is 26.7. The molecule has 0 aliphatic carbocycles. The second kappa shape index (κ2) is 11.1. The highest BCUT2D eigenvalue weighted by molar-refractivity contribution is 6.32. The Kier molecular flexibility index (Phi) is 7.79. The molecule has 0 atom stereocenters. The van der Waals surface area contributed by atoms with E-state index in [2.05, 4.69) is 21.9 Å². The van der Waals surface area contributed by atoms with Gasteiger partial charge >= 0.3 is 6.18 Å². The summed E-state index contributed by atoms with van der Waals surface area (Å²) in [6.45, 7) is 6.43. The lowest BCUT2D eigenvalue weighted by Gasteiger charge is -2.38. The molecular weight excluding hydrogens is 515 g/mol. The minimum Gasteiger partial charge on any atom is -0.336 e. The SMILES string of the molecule is CN1CCC(CN2CCN(C(=O)c3ccc(-c4cc(C(F)(F)F)nn4-c4ccccc4Cl)cc3)CC2)CC1. The van der Waals surface area contributed by atoms with E-state index in [1.807, 2.05) is 4.90 Å². The standard InChI is InChI=1S/C28H31ClF3N5O/c1-34-12-10-20(11-13-34)19-35-14-16-36(17-15-35)27(38)22-8-6-21(7-9-22)25-18-26(28(30,31)32)33-37(25)24-5-3-2-4-23(24)29/h2-9,18,20H,10-17,19H2,1H3. The predicted molar refractivity (Wildman–Crippen MR) is 142 cm³/mol. The first-order valence-electron chi connectivity index (χ1n) is 12.9. The van der Waals surface area contributed by atoms with Crippen molar-refractivity contribution in [3.63, 3.8) is 0 Å². The third-order valence-corrected chi connectivity index (χ3v) is 7.84. The van der Waals surface area contributed by atoms with E-state index in [0.29, 0.717) is 29.9 Å². The molecule has 5 rings (SSSR count). The molecule has 0 bridgehead atoms. The number of likely N-dealkylation sites (tertiary alicyclic amines) is 1. The van der Waals surface area contributed by atoms with Crippen LogP contribution in [0.15, 0.2) is 54.6 Å². The lowest BCUT2D eigenvalue weighted by atomic mass is 9.96. The van der Waals surface area contributed by atoms with E-state index in [1.54, 1.807) is 48.5 Å². The monoisotopic (exact) mass is 545 g/mol. The van der Waals surface area contributed by atoms with Crippen molar-refractivity contribution in [2.75, 3.05) is 52.9 Å². The lowest BCUT2D eigenvalue weighted by Crippen LogP contribution is -2.50. The van der Waals surface area contributed by atoms with Crippen molar-refractivity contribution in [1.82, 2.24) is 24.5 Å². The topological polar surface area (TPSA) is 44.6 Å². The predicted octanol–water partition coefficient (Wildman–Crippen LogP) is 5.31. The van der Waals surface area contributed by atoms with Crippen molar-refractivity contribution in [2.24, 2.45) is 5.92 Å². The number of hydrogen-bond acceptors (Lipinski definition) is 4. The van der Waals surface area contributed by atoms with Crippen molar-refractivity contribution in [3.05, 3.63) is 70.9 Å².